The summed E-state index contributed by atoms with van der Waals surface area (Å²) in [4.78, 5) is 25.8. The second kappa shape index (κ2) is 11.8. The predicted octanol–water partition coefficient (Wildman–Crippen LogP) is 3.23. The molecule has 5 rings (SSSR count). The SMILES string of the molecule is C#CCNC(=O)C(CCC1(C)NN1)NC(=O)CCC(C)C1CCC2C3C(O)CC4CC(O)CCC4(C)C3CCC12C. The summed E-state index contributed by atoms with van der Waals surface area (Å²) in [6.07, 6.45) is 15.6. The first kappa shape index (κ1) is 30.8. The standard InChI is InChI=1S/C33H54N4O4/c1-6-17-34-30(41)26(13-16-33(5)36-37-33)35-28(40)10-7-20(2)23-8-9-24-29-25(12-15-32(23,24)4)31(3)14-11-22(38)18-21(31)19-27(29)39/h1,20-27,29,36-39H,7-19H2,2-5H3,(H,34,41)(H,35,40). The molecule has 4 saturated carbocycles. The minimum absolute atomic E-state index is 0.0795. The Hall–Kier alpha value is -1.66. The van der Waals surface area contributed by atoms with Crippen LogP contribution in [0.4, 0.5) is 0 Å². The van der Waals surface area contributed by atoms with Gasteiger partial charge in [-0.15, -0.1) is 6.42 Å². The molecule has 41 heavy (non-hydrogen) atoms. The Labute approximate surface area is 246 Å². The molecule has 0 aromatic carbocycles. The van der Waals surface area contributed by atoms with E-state index in [9.17, 15) is 19.8 Å². The molecule has 8 heteroatoms. The maximum atomic E-state index is 13.1. The van der Waals surface area contributed by atoms with Gasteiger partial charge >= 0.3 is 0 Å². The molecule has 4 aliphatic carbocycles. The predicted molar refractivity (Wildman–Crippen MR) is 159 cm³/mol. The Bertz CT molecular complexity index is 1030. The fourth-order valence-corrected chi connectivity index (χ4v) is 10.2. The Balaban J connectivity index is 1.18. The number of aliphatic hydroxyl groups is 2. The smallest absolute Gasteiger partial charge is 0.243 e. The molecule has 0 aromatic rings. The van der Waals surface area contributed by atoms with Crippen molar-refractivity contribution in [2.45, 2.75) is 129 Å². The molecule has 0 radical (unpaired) electrons. The van der Waals surface area contributed by atoms with Crippen LogP contribution in [0.15, 0.2) is 0 Å². The molecule has 6 N–H and O–H groups in total. The highest BCUT2D eigenvalue weighted by Gasteiger charge is 2.62. The van der Waals surface area contributed by atoms with Gasteiger partial charge in [-0.1, -0.05) is 26.7 Å². The summed E-state index contributed by atoms with van der Waals surface area (Å²) in [6, 6.07) is -0.602. The van der Waals surface area contributed by atoms with Crippen molar-refractivity contribution in [1.29, 1.82) is 0 Å². The number of fused-ring (bicyclic) bond motifs is 5. The lowest BCUT2D eigenvalue weighted by Crippen LogP contribution is -2.58. The first-order chi connectivity index (χ1) is 19.4. The van der Waals surface area contributed by atoms with Crippen LogP contribution in [-0.2, 0) is 9.59 Å². The first-order valence-electron chi connectivity index (χ1n) is 16.3. The third kappa shape index (κ3) is 6.07. The van der Waals surface area contributed by atoms with E-state index in [-0.39, 0.29) is 47.1 Å². The summed E-state index contributed by atoms with van der Waals surface area (Å²) in [5.74, 6) is 4.91. The van der Waals surface area contributed by atoms with Gasteiger partial charge in [0.25, 0.3) is 0 Å². The molecule has 11 unspecified atom stereocenters. The summed E-state index contributed by atoms with van der Waals surface area (Å²) in [6.45, 7) is 9.41. The molecule has 1 heterocycles. The van der Waals surface area contributed by atoms with Crippen molar-refractivity contribution in [3.8, 4) is 12.3 Å². The van der Waals surface area contributed by atoms with Gasteiger partial charge in [0.1, 0.15) is 6.04 Å². The second-order valence-corrected chi connectivity index (χ2v) is 15.1. The fourth-order valence-electron chi connectivity index (χ4n) is 10.2. The number of terminal acetylenes is 1. The number of aliphatic hydroxyl groups excluding tert-OH is 2. The van der Waals surface area contributed by atoms with Gasteiger partial charge in [-0.3, -0.25) is 9.59 Å². The zero-order valence-electron chi connectivity index (χ0n) is 25.7. The van der Waals surface area contributed by atoms with Crippen molar-refractivity contribution in [1.82, 2.24) is 21.5 Å². The summed E-state index contributed by atoms with van der Waals surface area (Å²) in [7, 11) is 0. The van der Waals surface area contributed by atoms with E-state index in [2.05, 4.69) is 48.2 Å². The van der Waals surface area contributed by atoms with Gasteiger partial charge in [0.05, 0.1) is 24.4 Å². The Morgan fingerprint density at radius 3 is 2.41 bits per heavy atom. The number of carbonyl (C=O) groups is 2. The largest absolute Gasteiger partial charge is 0.393 e. The van der Waals surface area contributed by atoms with Crippen LogP contribution in [0.2, 0.25) is 0 Å². The minimum atomic E-state index is -0.602. The van der Waals surface area contributed by atoms with E-state index in [1.807, 2.05) is 6.92 Å². The molecular weight excluding hydrogens is 516 g/mol. The van der Waals surface area contributed by atoms with Crippen molar-refractivity contribution < 1.29 is 19.8 Å². The van der Waals surface area contributed by atoms with Gasteiger partial charge in [-0.05, 0) is 124 Å². The highest BCUT2D eigenvalue weighted by Crippen LogP contribution is 2.68. The molecule has 5 aliphatic rings. The van der Waals surface area contributed by atoms with Gasteiger partial charge < -0.3 is 20.8 Å². The second-order valence-electron chi connectivity index (χ2n) is 15.1. The molecule has 1 saturated heterocycles. The number of hydrogen-bond donors (Lipinski definition) is 6. The zero-order valence-corrected chi connectivity index (χ0v) is 25.7. The van der Waals surface area contributed by atoms with Crippen LogP contribution in [0.5, 0.6) is 0 Å². The van der Waals surface area contributed by atoms with E-state index in [4.69, 9.17) is 6.42 Å². The van der Waals surface area contributed by atoms with E-state index >= 15 is 0 Å². The Morgan fingerprint density at radius 2 is 1.71 bits per heavy atom. The number of carbonyl (C=O) groups excluding carboxylic acids is 2. The van der Waals surface area contributed by atoms with E-state index < -0.39 is 6.04 Å². The highest BCUT2D eigenvalue weighted by atomic mass is 16.3. The normalized spacial score (nSPS) is 42.0. The van der Waals surface area contributed by atoms with E-state index in [1.165, 1.54) is 12.8 Å². The van der Waals surface area contributed by atoms with Gasteiger partial charge in [-0.25, -0.2) is 10.9 Å². The van der Waals surface area contributed by atoms with Crippen LogP contribution in [0.3, 0.4) is 0 Å². The number of nitrogens with one attached hydrogen (secondary N) is 4. The first-order valence-corrected chi connectivity index (χ1v) is 16.3. The van der Waals surface area contributed by atoms with Crippen molar-refractivity contribution >= 4 is 11.8 Å². The molecule has 1 aliphatic heterocycles. The van der Waals surface area contributed by atoms with Crippen LogP contribution in [0, 0.1) is 58.7 Å². The quantitative estimate of drug-likeness (QED) is 0.176. The summed E-state index contributed by atoms with van der Waals surface area (Å²) >= 11 is 0. The lowest BCUT2D eigenvalue weighted by atomic mass is 9.43. The van der Waals surface area contributed by atoms with Crippen LogP contribution in [-0.4, -0.2) is 52.5 Å². The van der Waals surface area contributed by atoms with E-state index in [1.54, 1.807) is 0 Å². The van der Waals surface area contributed by atoms with Crippen molar-refractivity contribution in [2.75, 3.05) is 6.54 Å². The fraction of sp³-hybridized carbons (Fsp3) is 0.879. The van der Waals surface area contributed by atoms with Gasteiger partial charge in [0, 0.05) is 6.42 Å². The molecule has 0 spiro atoms. The summed E-state index contributed by atoms with van der Waals surface area (Å²) < 4.78 is 0. The summed E-state index contributed by atoms with van der Waals surface area (Å²) in [5.41, 5.74) is 6.41. The maximum absolute atomic E-state index is 13.1. The van der Waals surface area contributed by atoms with Gasteiger partial charge in [-0.2, -0.15) is 0 Å². The van der Waals surface area contributed by atoms with Gasteiger partial charge in [0.15, 0.2) is 0 Å². The van der Waals surface area contributed by atoms with Crippen LogP contribution >= 0.6 is 0 Å². The molecule has 5 fully saturated rings. The van der Waals surface area contributed by atoms with Crippen molar-refractivity contribution in [3.05, 3.63) is 0 Å². The zero-order chi connectivity index (χ0) is 29.6. The average molecular weight is 571 g/mol. The molecule has 8 nitrogen and oxygen atoms in total. The molecule has 11 atom stereocenters. The Morgan fingerprint density at radius 1 is 1.00 bits per heavy atom. The number of amides is 2. The Kier molecular flexibility index (Phi) is 8.85. The number of hydrazine groups is 1. The molecule has 0 bridgehead atoms. The maximum Gasteiger partial charge on any atom is 0.243 e. The minimum Gasteiger partial charge on any atom is -0.393 e. The lowest BCUT2D eigenvalue weighted by Gasteiger charge is -2.62. The van der Waals surface area contributed by atoms with Crippen molar-refractivity contribution in [3.63, 3.8) is 0 Å². The third-order valence-corrected chi connectivity index (χ3v) is 12.7. The number of hydrogen-bond acceptors (Lipinski definition) is 6. The number of rotatable bonds is 10. The highest BCUT2D eigenvalue weighted by molar-refractivity contribution is 5.87. The molecule has 230 valence electrons. The van der Waals surface area contributed by atoms with Crippen LogP contribution in [0.1, 0.15) is 105 Å². The van der Waals surface area contributed by atoms with Crippen LogP contribution in [0.25, 0.3) is 0 Å². The van der Waals surface area contributed by atoms with Crippen LogP contribution < -0.4 is 21.5 Å². The van der Waals surface area contributed by atoms with Gasteiger partial charge in [0.2, 0.25) is 11.8 Å². The molecule has 2 amide bonds. The van der Waals surface area contributed by atoms with Crippen molar-refractivity contribution in [2.24, 2.45) is 46.3 Å². The average Bonchev–Trinajstić information content (AvgIpc) is 3.56. The lowest BCUT2D eigenvalue weighted by molar-refractivity contribution is -0.174. The van der Waals surface area contributed by atoms with E-state index in [0.29, 0.717) is 54.8 Å². The monoisotopic (exact) mass is 570 g/mol. The third-order valence-electron chi connectivity index (χ3n) is 12.7. The topological polar surface area (TPSA) is 143 Å². The van der Waals surface area contributed by atoms with E-state index in [0.717, 1.165) is 44.9 Å². The molecule has 0 aromatic heterocycles. The summed E-state index contributed by atoms with van der Waals surface area (Å²) in [5, 5.41) is 27.6. The molecular formula is C33H54N4O4.